The lowest BCUT2D eigenvalue weighted by atomic mass is 10.1. The standard InChI is InChI=1S/C9H19N3O.ClH/c1-3-11-9(13)12-6-4-5-8(7-12)10-2;/h8,10H,3-7H2,1-2H3,(H,11,13);1H/t8-;/m0./s1. The van der Waals surface area contributed by atoms with Crippen molar-refractivity contribution in [2.24, 2.45) is 0 Å². The molecule has 1 aliphatic rings. The van der Waals surface area contributed by atoms with Crippen molar-refractivity contribution in [3.05, 3.63) is 0 Å². The van der Waals surface area contributed by atoms with Crippen LogP contribution in [0.4, 0.5) is 4.79 Å². The first-order valence-electron chi connectivity index (χ1n) is 4.98. The molecule has 2 amide bonds. The molecule has 1 saturated heterocycles. The first-order valence-corrected chi connectivity index (χ1v) is 4.98. The molecule has 1 aliphatic heterocycles. The van der Waals surface area contributed by atoms with Crippen molar-refractivity contribution in [3.8, 4) is 0 Å². The number of rotatable bonds is 2. The van der Waals surface area contributed by atoms with Crippen molar-refractivity contribution < 1.29 is 4.79 Å². The van der Waals surface area contributed by atoms with Gasteiger partial charge in [-0.05, 0) is 26.8 Å². The van der Waals surface area contributed by atoms with Gasteiger partial charge in [0.15, 0.2) is 0 Å². The Kier molecular flexibility index (Phi) is 6.66. The molecule has 1 atom stereocenters. The molecular weight excluding hydrogens is 202 g/mol. The van der Waals surface area contributed by atoms with Gasteiger partial charge >= 0.3 is 6.03 Å². The van der Waals surface area contributed by atoms with Crippen LogP contribution in [0, 0.1) is 0 Å². The molecule has 84 valence electrons. The van der Waals surface area contributed by atoms with E-state index < -0.39 is 0 Å². The van der Waals surface area contributed by atoms with Gasteiger partial charge < -0.3 is 15.5 Å². The van der Waals surface area contributed by atoms with Crippen molar-refractivity contribution >= 4 is 18.4 Å². The lowest BCUT2D eigenvalue weighted by Crippen LogP contribution is -2.50. The summed E-state index contributed by atoms with van der Waals surface area (Å²) in [7, 11) is 1.95. The summed E-state index contributed by atoms with van der Waals surface area (Å²) in [5.74, 6) is 0. The Bertz CT molecular complexity index is 177. The Morgan fingerprint density at radius 3 is 2.86 bits per heavy atom. The number of likely N-dealkylation sites (N-methyl/N-ethyl adjacent to an activating group) is 1. The highest BCUT2D eigenvalue weighted by Gasteiger charge is 2.21. The van der Waals surface area contributed by atoms with Gasteiger partial charge in [-0.1, -0.05) is 0 Å². The Labute approximate surface area is 91.8 Å². The van der Waals surface area contributed by atoms with E-state index >= 15 is 0 Å². The molecule has 2 N–H and O–H groups in total. The SMILES string of the molecule is CCNC(=O)N1CCC[C@H](NC)C1.Cl. The molecule has 14 heavy (non-hydrogen) atoms. The van der Waals surface area contributed by atoms with Crippen LogP contribution in [0.25, 0.3) is 0 Å². The lowest BCUT2D eigenvalue weighted by Gasteiger charge is -2.32. The van der Waals surface area contributed by atoms with Crippen molar-refractivity contribution in [2.75, 3.05) is 26.7 Å². The smallest absolute Gasteiger partial charge is 0.317 e. The zero-order valence-corrected chi connectivity index (χ0v) is 9.69. The molecule has 0 spiro atoms. The predicted octanol–water partition coefficient (Wildman–Crippen LogP) is 0.821. The first-order chi connectivity index (χ1) is 6.27. The predicted molar refractivity (Wildman–Crippen MR) is 60.0 cm³/mol. The largest absolute Gasteiger partial charge is 0.338 e. The maximum absolute atomic E-state index is 11.4. The fraction of sp³-hybridized carbons (Fsp3) is 0.889. The molecule has 0 saturated carbocycles. The topological polar surface area (TPSA) is 44.4 Å². The van der Waals surface area contributed by atoms with Crippen molar-refractivity contribution in [1.29, 1.82) is 0 Å². The number of carbonyl (C=O) groups excluding carboxylic acids is 1. The Balaban J connectivity index is 0.00000169. The maximum Gasteiger partial charge on any atom is 0.317 e. The average molecular weight is 222 g/mol. The highest BCUT2D eigenvalue weighted by molar-refractivity contribution is 5.85. The van der Waals surface area contributed by atoms with Gasteiger partial charge in [-0.15, -0.1) is 12.4 Å². The third kappa shape index (κ3) is 3.72. The summed E-state index contributed by atoms with van der Waals surface area (Å²) in [6.45, 7) is 4.38. The number of hydrogen-bond donors (Lipinski definition) is 2. The number of hydrogen-bond acceptors (Lipinski definition) is 2. The summed E-state index contributed by atoms with van der Waals surface area (Å²) in [5, 5.41) is 6.03. The molecule has 0 unspecified atom stereocenters. The second-order valence-corrected chi connectivity index (χ2v) is 3.41. The zero-order chi connectivity index (χ0) is 9.68. The van der Waals surface area contributed by atoms with Crippen molar-refractivity contribution in [2.45, 2.75) is 25.8 Å². The number of carbonyl (C=O) groups is 1. The van der Waals surface area contributed by atoms with E-state index in [9.17, 15) is 4.79 Å². The lowest BCUT2D eigenvalue weighted by molar-refractivity contribution is 0.175. The van der Waals surface area contributed by atoms with Crippen molar-refractivity contribution in [1.82, 2.24) is 15.5 Å². The molecular formula is C9H20ClN3O. The second-order valence-electron chi connectivity index (χ2n) is 3.41. The monoisotopic (exact) mass is 221 g/mol. The van der Waals surface area contributed by atoms with Crippen LogP contribution in [0.3, 0.4) is 0 Å². The molecule has 0 radical (unpaired) electrons. The van der Waals surface area contributed by atoms with E-state index in [1.807, 2.05) is 18.9 Å². The molecule has 0 aromatic carbocycles. The summed E-state index contributed by atoms with van der Waals surface area (Å²) in [6, 6.07) is 0.541. The molecule has 0 aromatic heterocycles. The van der Waals surface area contributed by atoms with E-state index in [4.69, 9.17) is 0 Å². The average Bonchev–Trinajstić information content (AvgIpc) is 2.18. The molecule has 4 nitrogen and oxygen atoms in total. The third-order valence-corrected chi connectivity index (χ3v) is 2.44. The number of piperidine rings is 1. The van der Waals surface area contributed by atoms with Crippen LogP contribution in [-0.2, 0) is 0 Å². The van der Waals surface area contributed by atoms with Gasteiger partial charge in [0.05, 0.1) is 0 Å². The normalized spacial score (nSPS) is 21.3. The van der Waals surface area contributed by atoms with Crippen LogP contribution < -0.4 is 10.6 Å². The molecule has 1 fully saturated rings. The van der Waals surface area contributed by atoms with E-state index in [2.05, 4.69) is 10.6 Å². The van der Waals surface area contributed by atoms with Gasteiger partial charge in [-0.2, -0.15) is 0 Å². The summed E-state index contributed by atoms with van der Waals surface area (Å²) in [6.07, 6.45) is 2.27. The fourth-order valence-corrected chi connectivity index (χ4v) is 1.66. The Morgan fingerprint density at radius 1 is 1.57 bits per heavy atom. The maximum atomic E-state index is 11.4. The van der Waals surface area contributed by atoms with Crippen LogP contribution in [0.2, 0.25) is 0 Å². The van der Waals surface area contributed by atoms with Gasteiger partial charge in [0.25, 0.3) is 0 Å². The van der Waals surface area contributed by atoms with E-state index in [1.165, 1.54) is 6.42 Å². The summed E-state index contributed by atoms with van der Waals surface area (Å²) in [4.78, 5) is 13.3. The molecule has 1 rings (SSSR count). The molecule has 5 heteroatoms. The van der Waals surface area contributed by atoms with Gasteiger partial charge in [0.2, 0.25) is 0 Å². The summed E-state index contributed by atoms with van der Waals surface area (Å²) in [5.41, 5.74) is 0. The number of nitrogens with one attached hydrogen (secondary N) is 2. The second kappa shape index (κ2) is 6.90. The number of amides is 2. The quantitative estimate of drug-likeness (QED) is 0.726. The minimum absolute atomic E-state index is 0. The van der Waals surface area contributed by atoms with Crippen LogP contribution >= 0.6 is 12.4 Å². The van der Waals surface area contributed by atoms with E-state index in [1.54, 1.807) is 0 Å². The van der Waals surface area contributed by atoms with E-state index in [0.29, 0.717) is 12.6 Å². The minimum Gasteiger partial charge on any atom is -0.338 e. The number of likely N-dealkylation sites (tertiary alicyclic amines) is 1. The highest BCUT2D eigenvalue weighted by atomic mass is 35.5. The number of nitrogens with zero attached hydrogens (tertiary/aromatic N) is 1. The highest BCUT2D eigenvalue weighted by Crippen LogP contribution is 2.09. The third-order valence-electron chi connectivity index (χ3n) is 2.44. The molecule has 0 bridgehead atoms. The Morgan fingerprint density at radius 2 is 2.29 bits per heavy atom. The van der Waals surface area contributed by atoms with Crippen molar-refractivity contribution in [3.63, 3.8) is 0 Å². The summed E-state index contributed by atoms with van der Waals surface area (Å²) >= 11 is 0. The number of urea groups is 1. The molecule has 1 heterocycles. The molecule has 0 aliphatic carbocycles. The fourth-order valence-electron chi connectivity index (χ4n) is 1.66. The van der Waals surface area contributed by atoms with Crippen LogP contribution in [0.15, 0.2) is 0 Å². The van der Waals surface area contributed by atoms with Gasteiger partial charge in [-0.3, -0.25) is 0 Å². The van der Waals surface area contributed by atoms with Gasteiger partial charge in [0.1, 0.15) is 0 Å². The number of halogens is 1. The Hall–Kier alpha value is -0.480. The summed E-state index contributed by atoms with van der Waals surface area (Å²) < 4.78 is 0. The van der Waals surface area contributed by atoms with E-state index in [0.717, 1.165) is 19.5 Å². The van der Waals surface area contributed by atoms with Crippen LogP contribution in [-0.4, -0.2) is 43.7 Å². The van der Waals surface area contributed by atoms with Gasteiger partial charge in [0, 0.05) is 25.7 Å². The van der Waals surface area contributed by atoms with Gasteiger partial charge in [-0.25, -0.2) is 4.79 Å². The van der Waals surface area contributed by atoms with E-state index in [-0.39, 0.29) is 18.4 Å². The van der Waals surface area contributed by atoms with Crippen LogP contribution in [0.1, 0.15) is 19.8 Å². The minimum atomic E-state index is 0. The zero-order valence-electron chi connectivity index (χ0n) is 8.88. The molecule has 0 aromatic rings. The first kappa shape index (κ1) is 13.5. The van der Waals surface area contributed by atoms with Crippen LogP contribution in [0.5, 0.6) is 0 Å².